The van der Waals surface area contributed by atoms with Gasteiger partial charge in [-0.2, -0.15) is 9.97 Å². The van der Waals surface area contributed by atoms with Crippen molar-refractivity contribution >= 4 is 35.1 Å². The van der Waals surface area contributed by atoms with E-state index in [1.54, 1.807) is 12.1 Å². The van der Waals surface area contributed by atoms with Gasteiger partial charge in [0.25, 0.3) is 0 Å². The lowest BCUT2D eigenvalue weighted by atomic mass is 9.79. The van der Waals surface area contributed by atoms with Gasteiger partial charge in [0.05, 0.1) is 5.52 Å². The summed E-state index contributed by atoms with van der Waals surface area (Å²) in [7, 11) is 0.577. The SMILES string of the molecule is Cc1cc2c(CN)cccc2n1-c1nc(NCc2cccc(B(O)O)c2)c2c(n1)N(C)CCC2. The summed E-state index contributed by atoms with van der Waals surface area (Å²) in [6.07, 6.45) is 1.94. The molecule has 0 saturated heterocycles. The summed E-state index contributed by atoms with van der Waals surface area (Å²) in [4.78, 5) is 12.2. The van der Waals surface area contributed by atoms with Crippen molar-refractivity contribution in [3.05, 3.63) is 70.9 Å². The van der Waals surface area contributed by atoms with E-state index in [4.69, 9.17) is 15.7 Å². The molecule has 0 bridgehead atoms. The molecule has 1 aliphatic rings. The summed E-state index contributed by atoms with van der Waals surface area (Å²) in [5, 5.41) is 23.6. The van der Waals surface area contributed by atoms with Crippen LogP contribution < -0.4 is 21.4 Å². The van der Waals surface area contributed by atoms with Gasteiger partial charge in [0.1, 0.15) is 11.6 Å². The predicted octanol–water partition coefficient (Wildman–Crippen LogP) is 1.86. The van der Waals surface area contributed by atoms with Crippen LogP contribution in [0.25, 0.3) is 16.9 Å². The Balaban J connectivity index is 1.59. The van der Waals surface area contributed by atoms with E-state index in [9.17, 15) is 10.0 Å². The van der Waals surface area contributed by atoms with E-state index in [1.807, 2.05) is 18.2 Å². The zero-order valence-corrected chi connectivity index (χ0v) is 19.5. The Hall–Kier alpha value is -3.40. The molecule has 8 nitrogen and oxygen atoms in total. The van der Waals surface area contributed by atoms with Gasteiger partial charge in [0, 0.05) is 43.3 Å². The topological polar surface area (TPSA) is 112 Å². The number of nitrogens with two attached hydrogens (primary N) is 1. The number of anilines is 2. The number of benzene rings is 2. The molecule has 2 aromatic carbocycles. The highest BCUT2D eigenvalue weighted by Crippen LogP contribution is 2.32. The molecule has 5 N–H and O–H groups in total. The van der Waals surface area contributed by atoms with Crippen LogP contribution in [0, 0.1) is 6.92 Å². The van der Waals surface area contributed by atoms with Gasteiger partial charge < -0.3 is 26.0 Å². The van der Waals surface area contributed by atoms with Gasteiger partial charge in [0.15, 0.2) is 0 Å². The van der Waals surface area contributed by atoms with E-state index in [-0.39, 0.29) is 0 Å². The van der Waals surface area contributed by atoms with Gasteiger partial charge in [-0.1, -0.05) is 36.4 Å². The van der Waals surface area contributed by atoms with Crippen LogP contribution in [0.2, 0.25) is 0 Å². The highest BCUT2D eigenvalue weighted by atomic mass is 16.4. The molecule has 0 fully saturated rings. The van der Waals surface area contributed by atoms with E-state index < -0.39 is 7.12 Å². The molecule has 3 heterocycles. The van der Waals surface area contributed by atoms with Crippen LogP contribution in [-0.2, 0) is 19.5 Å². The normalized spacial score (nSPS) is 13.3. The Kier molecular flexibility index (Phi) is 5.99. The van der Waals surface area contributed by atoms with E-state index in [0.717, 1.165) is 64.3 Å². The number of fused-ring (bicyclic) bond motifs is 2. The van der Waals surface area contributed by atoms with Crippen LogP contribution in [-0.4, -0.2) is 45.3 Å². The zero-order chi connectivity index (χ0) is 23.8. The third kappa shape index (κ3) is 4.02. The molecule has 0 unspecified atom stereocenters. The van der Waals surface area contributed by atoms with Crippen LogP contribution in [0.5, 0.6) is 0 Å². The van der Waals surface area contributed by atoms with Crippen molar-refractivity contribution in [2.75, 3.05) is 23.8 Å². The Morgan fingerprint density at radius 3 is 2.74 bits per heavy atom. The number of rotatable bonds is 6. The fraction of sp³-hybridized carbons (Fsp3) is 0.280. The fourth-order valence-corrected chi connectivity index (χ4v) is 4.77. The minimum atomic E-state index is -1.49. The van der Waals surface area contributed by atoms with Gasteiger partial charge in [0.2, 0.25) is 5.95 Å². The molecule has 0 amide bonds. The molecule has 0 saturated carbocycles. The van der Waals surface area contributed by atoms with Crippen molar-refractivity contribution < 1.29 is 10.0 Å². The highest BCUT2D eigenvalue weighted by molar-refractivity contribution is 6.58. The lowest BCUT2D eigenvalue weighted by Gasteiger charge is -2.28. The smallest absolute Gasteiger partial charge is 0.423 e. The van der Waals surface area contributed by atoms with Gasteiger partial charge in [-0.15, -0.1) is 0 Å². The number of nitrogens with one attached hydrogen (secondary N) is 1. The van der Waals surface area contributed by atoms with Gasteiger partial charge in [-0.25, -0.2) is 0 Å². The second-order valence-electron chi connectivity index (χ2n) is 8.85. The van der Waals surface area contributed by atoms with Crippen LogP contribution in [0.15, 0.2) is 48.5 Å². The lowest BCUT2D eigenvalue weighted by Crippen LogP contribution is -2.30. The van der Waals surface area contributed by atoms with Crippen molar-refractivity contribution in [1.29, 1.82) is 0 Å². The van der Waals surface area contributed by atoms with Crippen LogP contribution in [0.4, 0.5) is 11.6 Å². The monoisotopic (exact) mass is 456 g/mol. The molecule has 0 spiro atoms. The number of aryl methyl sites for hydroxylation is 1. The fourth-order valence-electron chi connectivity index (χ4n) is 4.77. The second-order valence-corrected chi connectivity index (χ2v) is 8.85. The molecule has 1 aliphatic heterocycles. The molecular weight excluding hydrogens is 427 g/mol. The predicted molar refractivity (Wildman–Crippen MR) is 137 cm³/mol. The number of aromatic nitrogens is 3. The van der Waals surface area contributed by atoms with Crippen molar-refractivity contribution in [2.24, 2.45) is 5.73 Å². The first kappa shape index (κ1) is 22.4. The first-order chi connectivity index (χ1) is 16.5. The van der Waals surface area contributed by atoms with Crippen LogP contribution in [0.3, 0.4) is 0 Å². The summed E-state index contributed by atoms with van der Waals surface area (Å²) in [5.74, 6) is 2.36. The van der Waals surface area contributed by atoms with Crippen molar-refractivity contribution in [3.8, 4) is 5.95 Å². The number of hydrogen-bond acceptors (Lipinski definition) is 7. The highest BCUT2D eigenvalue weighted by Gasteiger charge is 2.23. The summed E-state index contributed by atoms with van der Waals surface area (Å²) >= 11 is 0. The molecular formula is C25H29BN6O2. The second kappa shape index (κ2) is 9.10. The minimum Gasteiger partial charge on any atom is -0.423 e. The van der Waals surface area contributed by atoms with Gasteiger partial charge >= 0.3 is 7.12 Å². The molecule has 4 aromatic rings. The van der Waals surface area contributed by atoms with Gasteiger partial charge in [-0.05, 0) is 48.5 Å². The van der Waals surface area contributed by atoms with E-state index in [2.05, 4.69) is 47.0 Å². The van der Waals surface area contributed by atoms with Crippen molar-refractivity contribution in [1.82, 2.24) is 14.5 Å². The Labute approximate surface area is 199 Å². The first-order valence-corrected chi connectivity index (χ1v) is 11.6. The molecule has 9 heteroatoms. The molecule has 5 rings (SSSR count). The summed E-state index contributed by atoms with van der Waals surface area (Å²) < 4.78 is 2.09. The minimum absolute atomic E-state index is 0.467. The maximum absolute atomic E-state index is 9.51. The summed E-state index contributed by atoms with van der Waals surface area (Å²) in [5.41, 5.74) is 11.7. The molecule has 34 heavy (non-hydrogen) atoms. The quantitative estimate of drug-likeness (QED) is 0.328. The van der Waals surface area contributed by atoms with E-state index >= 15 is 0 Å². The van der Waals surface area contributed by atoms with Crippen LogP contribution in [0.1, 0.15) is 28.8 Å². The summed E-state index contributed by atoms with van der Waals surface area (Å²) in [6.45, 7) is 3.99. The lowest BCUT2D eigenvalue weighted by molar-refractivity contribution is 0.425. The Morgan fingerprint density at radius 1 is 1.12 bits per heavy atom. The van der Waals surface area contributed by atoms with Crippen LogP contribution >= 0.6 is 0 Å². The third-order valence-electron chi connectivity index (χ3n) is 6.50. The Bertz CT molecular complexity index is 1350. The van der Waals surface area contributed by atoms with Crippen molar-refractivity contribution in [2.45, 2.75) is 32.9 Å². The standard InChI is InChI=1S/C25H29BN6O2/c1-16-12-21-18(14-27)7-4-10-22(21)32(16)25-29-23(20-9-5-11-31(2)24(20)30-25)28-15-17-6-3-8-19(13-17)26(33)34/h3-4,6-8,10,12-13,33-34H,5,9,11,14-15,27H2,1-2H3,(H,28,29,30). The number of hydrogen-bond donors (Lipinski definition) is 4. The van der Waals surface area contributed by atoms with E-state index in [0.29, 0.717) is 24.5 Å². The molecule has 2 aromatic heterocycles. The largest absolute Gasteiger partial charge is 0.488 e. The Morgan fingerprint density at radius 2 is 1.94 bits per heavy atom. The molecule has 0 radical (unpaired) electrons. The molecule has 174 valence electrons. The maximum Gasteiger partial charge on any atom is 0.488 e. The number of nitrogens with zero attached hydrogens (tertiary/aromatic N) is 4. The maximum atomic E-state index is 9.51. The molecule has 0 aliphatic carbocycles. The zero-order valence-electron chi connectivity index (χ0n) is 19.5. The average Bonchev–Trinajstić information content (AvgIpc) is 3.18. The third-order valence-corrected chi connectivity index (χ3v) is 6.50. The average molecular weight is 456 g/mol. The van der Waals surface area contributed by atoms with Crippen molar-refractivity contribution in [3.63, 3.8) is 0 Å². The van der Waals surface area contributed by atoms with Gasteiger partial charge in [-0.3, -0.25) is 4.57 Å². The summed E-state index contributed by atoms with van der Waals surface area (Å²) in [6, 6.07) is 15.6. The molecule has 0 atom stereocenters. The first-order valence-electron chi connectivity index (χ1n) is 11.6. The van der Waals surface area contributed by atoms with E-state index in [1.165, 1.54) is 0 Å².